The first-order chi connectivity index (χ1) is 10.7. The van der Waals surface area contributed by atoms with Crippen molar-refractivity contribution in [2.45, 2.75) is 32.1 Å². The Morgan fingerprint density at radius 3 is 2.95 bits per heavy atom. The molecule has 0 aromatic heterocycles. The van der Waals surface area contributed by atoms with Gasteiger partial charge in [-0.15, -0.1) is 0 Å². The molecule has 3 rings (SSSR count). The molecule has 1 aromatic carbocycles. The first kappa shape index (κ1) is 14.6. The summed E-state index contributed by atoms with van der Waals surface area (Å²) in [5.41, 5.74) is 1.81. The summed E-state index contributed by atoms with van der Waals surface area (Å²) >= 11 is 0. The van der Waals surface area contributed by atoms with Crippen LogP contribution in [0.5, 0.6) is 0 Å². The van der Waals surface area contributed by atoms with Gasteiger partial charge in [-0.2, -0.15) is 0 Å². The van der Waals surface area contributed by atoms with Crippen LogP contribution in [-0.4, -0.2) is 24.9 Å². The Bertz CT molecular complexity index is 610. The maximum absolute atomic E-state index is 12.1. The van der Waals surface area contributed by atoms with Crippen molar-refractivity contribution in [2.24, 2.45) is 0 Å². The Morgan fingerprint density at radius 1 is 1.32 bits per heavy atom. The van der Waals surface area contributed by atoms with Crippen molar-refractivity contribution in [2.75, 3.05) is 18.0 Å². The van der Waals surface area contributed by atoms with Gasteiger partial charge in [0.2, 0.25) is 11.8 Å². The molecule has 2 aliphatic heterocycles. The van der Waals surface area contributed by atoms with Gasteiger partial charge in [-0.3, -0.25) is 9.59 Å². The maximum Gasteiger partial charge on any atom is 0.229 e. The van der Waals surface area contributed by atoms with E-state index in [9.17, 15) is 9.59 Å². The molecular weight excluding hydrogens is 278 g/mol. The van der Waals surface area contributed by atoms with E-state index in [0.29, 0.717) is 12.8 Å². The molecule has 0 unspecified atom stereocenters. The summed E-state index contributed by atoms with van der Waals surface area (Å²) < 4.78 is 0. The largest absolute Gasteiger partial charge is 0.372 e. The standard InChI is InChI=1S/C17H21N3O2/c21-16(19-15-7-1-2-9-18-15)12-13-5-3-6-14(11-13)20-10-4-8-17(20)22/h3,5-7,11,18H,1-2,4,8-10,12H2,(H,19,21). The summed E-state index contributed by atoms with van der Waals surface area (Å²) in [7, 11) is 0. The lowest BCUT2D eigenvalue weighted by Gasteiger charge is -2.18. The Labute approximate surface area is 130 Å². The molecular formula is C17H21N3O2. The van der Waals surface area contributed by atoms with E-state index in [0.717, 1.165) is 49.4 Å². The van der Waals surface area contributed by atoms with Crippen molar-refractivity contribution >= 4 is 17.5 Å². The summed E-state index contributed by atoms with van der Waals surface area (Å²) in [4.78, 5) is 25.7. The van der Waals surface area contributed by atoms with Crippen molar-refractivity contribution in [3.63, 3.8) is 0 Å². The van der Waals surface area contributed by atoms with Crippen LogP contribution in [0.1, 0.15) is 31.2 Å². The van der Waals surface area contributed by atoms with E-state index in [2.05, 4.69) is 10.6 Å². The summed E-state index contributed by atoms with van der Waals surface area (Å²) in [6, 6.07) is 7.69. The minimum absolute atomic E-state index is 0.0365. The summed E-state index contributed by atoms with van der Waals surface area (Å²) in [6.45, 7) is 1.67. The van der Waals surface area contributed by atoms with Gasteiger partial charge in [0.25, 0.3) is 0 Å². The highest BCUT2D eigenvalue weighted by atomic mass is 16.2. The van der Waals surface area contributed by atoms with E-state index in [-0.39, 0.29) is 11.8 Å². The topological polar surface area (TPSA) is 61.4 Å². The number of hydrogen-bond acceptors (Lipinski definition) is 3. The van der Waals surface area contributed by atoms with Crippen LogP contribution in [0.15, 0.2) is 36.2 Å². The van der Waals surface area contributed by atoms with Crippen molar-refractivity contribution in [3.8, 4) is 0 Å². The van der Waals surface area contributed by atoms with Gasteiger partial charge in [0.05, 0.1) is 6.42 Å². The molecule has 22 heavy (non-hydrogen) atoms. The first-order valence-electron chi connectivity index (χ1n) is 7.85. The molecule has 1 saturated heterocycles. The minimum atomic E-state index is -0.0365. The van der Waals surface area contributed by atoms with Gasteiger partial charge in [0.15, 0.2) is 0 Å². The fourth-order valence-electron chi connectivity index (χ4n) is 2.87. The fraction of sp³-hybridized carbons (Fsp3) is 0.412. The summed E-state index contributed by atoms with van der Waals surface area (Å²) in [5.74, 6) is 0.936. The zero-order valence-electron chi connectivity index (χ0n) is 12.6. The number of nitrogens with zero attached hydrogens (tertiary/aromatic N) is 1. The van der Waals surface area contributed by atoms with Crippen LogP contribution < -0.4 is 15.5 Å². The first-order valence-corrected chi connectivity index (χ1v) is 7.85. The van der Waals surface area contributed by atoms with E-state index in [1.807, 2.05) is 30.3 Å². The monoisotopic (exact) mass is 299 g/mol. The van der Waals surface area contributed by atoms with Crippen molar-refractivity contribution in [3.05, 3.63) is 41.7 Å². The number of hydrogen-bond donors (Lipinski definition) is 2. The molecule has 2 aliphatic rings. The second-order valence-corrected chi connectivity index (χ2v) is 5.73. The molecule has 0 saturated carbocycles. The van der Waals surface area contributed by atoms with Crippen LogP contribution in [0.2, 0.25) is 0 Å². The molecule has 0 radical (unpaired) electrons. The minimum Gasteiger partial charge on any atom is -0.372 e. The SMILES string of the molecule is O=C(Cc1cccc(N2CCCC2=O)c1)NC1=CCCCN1. The fourth-order valence-corrected chi connectivity index (χ4v) is 2.87. The van der Waals surface area contributed by atoms with Crippen molar-refractivity contribution in [1.29, 1.82) is 0 Å². The zero-order valence-corrected chi connectivity index (χ0v) is 12.6. The van der Waals surface area contributed by atoms with E-state index in [1.54, 1.807) is 4.90 Å². The normalized spacial score (nSPS) is 17.9. The Balaban J connectivity index is 1.63. The molecule has 5 heteroatoms. The molecule has 116 valence electrons. The van der Waals surface area contributed by atoms with Crippen LogP contribution in [0.4, 0.5) is 5.69 Å². The highest BCUT2D eigenvalue weighted by molar-refractivity contribution is 5.95. The van der Waals surface area contributed by atoms with E-state index < -0.39 is 0 Å². The van der Waals surface area contributed by atoms with Crippen LogP contribution in [0.3, 0.4) is 0 Å². The van der Waals surface area contributed by atoms with E-state index in [4.69, 9.17) is 0 Å². The average molecular weight is 299 g/mol. The molecule has 5 nitrogen and oxygen atoms in total. The van der Waals surface area contributed by atoms with E-state index in [1.165, 1.54) is 0 Å². The van der Waals surface area contributed by atoms with Gasteiger partial charge in [-0.25, -0.2) is 0 Å². The predicted molar refractivity (Wildman–Crippen MR) is 85.2 cm³/mol. The second-order valence-electron chi connectivity index (χ2n) is 5.73. The molecule has 0 spiro atoms. The molecule has 0 aliphatic carbocycles. The molecule has 0 atom stereocenters. The number of anilines is 1. The number of nitrogens with one attached hydrogen (secondary N) is 2. The molecule has 0 bridgehead atoms. The number of rotatable bonds is 4. The van der Waals surface area contributed by atoms with Gasteiger partial charge in [-0.1, -0.05) is 12.1 Å². The third-order valence-electron chi connectivity index (χ3n) is 3.98. The lowest BCUT2D eigenvalue weighted by molar-refractivity contribution is -0.120. The van der Waals surface area contributed by atoms with Crippen molar-refractivity contribution in [1.82, 2.24) is 10.6 Å². The van der Waals surface area contributed by atoms with Gasteiger partial charge >= 0.3 is 0 Å². The van der Waals surface area contributed by atoms with Crippen LogP contribution >= 0.6 is 0 Å². The number of allylic oxidation sites excluding steroid dienone is 1. The quantitative estimate of drug-likeness (QED) is 0.889. The third-order valence-corrected chi connectivity index (χ3v) is 3.98. The Kier molecular flexibility index (Phi) is 4.42. The molecule has 1 aromatic rings. The number of amides is 2. The summed E-state index contributed by atoms with van der Waals surface area (Å²) in [5, 5.41) is 6.07. The van der Waals surface area contributed by atoms with Crippen LogP contribution in [0, 0.1) is 0 Å². The summed E-state index contributed by atoms with van der Waals surface area (Å²) in [6.07, 6.45) is 5.95. The Morgan fingerprint density at radius 2 is 2.23 bits per heavy atom. The second kappa shape index (κ2) is 6.64. The van der Waals surface area contributed by atoms with Gasteiger partial charge in [0.1, 0.15) is 5.82 Å². The molecule has 2 amide bonds. The van der Waals surface area contributed by atoms with Crippen LogP contribution in [-0.2, 0) is 16.0 Å². The Hall–Kier alpha value is -2.30. The van der Waals surface area contributed by atoms with Gasteiger partial charge in [-0.05, 0) is 43.0 Å². The zero-order chi connectivity index (χ0) is 15.4. The van der Waals surface area contributed by atoms with Crippen LogP contribution in [0.25, 0.3) is 0 Å². The van der Waals surface area contributed by atoms with Gasteiger partial charge < -0.3 is 15.5 Å². The predicted octanol–water partition coefficient (Wildman–Crippen LogP) is 1.70. The van der Waals surface area contributed by atoms with Gasteiger partial charge in [0, 0.05) is 25.2 Å². The number of carbonyl (C=O) groups excluding carboxylic acids is 2. The van der Waals surface area contributed by atoms with Crippen molar-refractivity contribution < 1.29 is 9.59 Å². The lowest BCUT2D eigenvalue weighted by atomic mass is 10.1. The number of carbonyl (C=O) groups is 2. The smallest absolute Gasteiger partial charge is 0.229 e. The van der Waals surface area contributed by atoms with E-state index >= 15 is 0 Å². The third kappa shape index (κ3) is 3.47. The molecule has 2 N–H and O–H groups in total. The molecule has 1 fully saturated rings. The highest BCUT2D eigenvalue weighted by Gasteiger charge is 2.21. The lowest BCUT2D eigenvalue weighted by Crippen LogP contribution is -2.34. The maximum atomic E-state index is 12.1. The highest BCUT2D eigenvalue weighted by Crippen LogP contribution is 2.22. The molecule has 2 heterocycles. The average Bonchev–Trinajstić information content (AvgIpc) is 2.94. The number of benzene rings is 1.